The van der Waals surface area contributed by atoms with Crippen molar-refractivity contribution < 1.29 is 0 Å². The first kappa shape index (κ1) is 7.03. The van der Waals surface area contributed by atoms with Gasteiger partial charge in [-0.3, -0.25) is 5.84 Å². The van der Waals surface area contributed by atoms with Crippen LogP contribution in [0.4, 0.5) is 0 Å². The number of rotatable bonds is 4. The molecule has 1 saturated carbocycles. The molecule has 0 aromatic heterocycles. The molecule has 0 atom stereocenters. The van der Waals surface area contributed by atoms with E-state index in [-0.39, 0.29) is 0 Å². The third-order valence-corrected chi connectivity index (χ3v) is 1.70. The fourth-order valence-corrected chi connectivity index (χ4v) is 1.01. The van der Waals surface area contributed by atoms with Crippen LogP contribution in [0, 0.1) is 5.92 Å². The molecule has 54 valence electrons. The van der Waals surface area contributed by atoms with Gasteiger partial charge in [-0.05, 0) is 25.2 Å². The molecule has 2 N–H and O–H groups in total. The average Bonchev–Trinajstić information content (AvgIpc) is 2.50. The molecule has 1 aliphatic rings. The smallest absolute Gasteiger partial charge is 0.0156 e. The van der Waals surface area contributed by atoms with Crippen LogP contribution in [0.1, 0.15) is 26.2 Å². The van der Waals surface area contributed by atoms with Crippen LogP contribution in [0.15, 0.2) is 0 Å². The summed E-state index contributed by atoms with van der Waals surface area (Å²) in [7, 11) is 0. The highest BCUT2D eigenvalue weighted by Crippen LogP contribution is 2.28. The summed E-state index contributed by atoms with van der Waals surface area (Å²) < 4.78 is 0. The van der Waals surface area contributed by atoms with Gasteiger partial charge in [0.25, 0.3) is 0 Å². The molecule has 0 aromatic carbocycles. The molecule has 0 aliphatic heterocycles. The van der Waals surface area contributed by atoms with Crippen LogP contribution in [0.25, 0.3) is 0 Å². The third kappa shape index (κ3) is 2.82. The van der Waals surface area contributed by atoms with Gasteiger partial charge in [0.1, 0.15) is 0 Å². The first-order valence-corrected chi connectivity index (χ1v) is 3.82. The van der Waals surface area contributed by atoms with Crippen LogP contribution in [-0.2, 0) is 0 Å². The lowest BCUT2D eigenvalue weighted by molar-refractivity contribution is 0.272. The van der Waals surface area contributed by atoms with E-state index in [1.54, 1.807) is 0 Å². The zero-order chi connectivity index (χ0) is 6.69. The third-order valence-electron chi connectivity index (χ3n) is 1.70. The van der Waals surface area contributed by atoms with Gasteiger partial charge in [0, 0.05) is 13.1 Å². The van der Waals surface area contributed by atoms with Crippen molar-refractivity contribution in [3.05, 3.63) is 0 Å². The molecule has 1 aliphatic carbocycles. The van der Waals surface area contributed by atoms with Crippen molar-refractivity contribution in [2.24, 2.45) is 11.8 Å². The maximum Gasteiger partial charge on any atom is 0.0156 e. The summed E-state index contributed by atoms with van der Waals surface area (Å²) in [5, 5.41) is 1.94. The predicted molar refractivity (Wildman–Crippen MR) is 38.8 cm³/mol. The molecule has 0 aromatic rings. The monoisotopic (exact) mass is 128 g/mol. The largest absolute Gasteiger partial charge is 0.269 e. The highest BCUT2D eigenvalue weighted by molar-refractivity contribution is 4.75. The van der Waals surface area contributed by atoms with Crippen molar-refractivity contribution in [3.63, 3.8) is 0 Å². The zero-order valence-electron chi connectivity index (χ0n) is 6.14. The van der Waals surface area contributed by atoms with Gasteiger partial charge in [-0.2, -0.15) is 0 Å². The SMILES string of the molecule is CCCN(N)CC1CC1. The summed E-state index contributed by atoms with van der Waals surface area (Å²) in [6.45, 7) is 4.33. The molecule has 1 rings (SSSR count). The molecular formula is C7H16N2. The minimum atomic E-state index is 0.932. The lowest BCUT2D eigenvalue weighted by Gasteiger charge is -2.13. The highest BCUT2D eigenvalue weighted by atomic mass is 15.4. The maximum absolute atomic E-state index is 5.66. The van der Waals surface area contributed by atoms with E-state index in [0.29, 0.717) is 0 Å². The van der Waals surface area contributed by atoms with Crippen molar-refractivity contribution in [2.45, 2.75) is 26.2 Å². The zero-order valence-corrected chi connectivity index (χ0v) is 6.14. The molecule has 9 heavy (non-hydrogen) atoms. The van der Waals surface area contributed by atoms with Gasteiger partial charge >= 0.3 is 0 Å². The Labute approximate surface area is 57.0 Å². The lowest BCUT2D eigenvalue weighted by Crippen LogP contribution is -2.33. The standard InChI is InChI=1S/C7H16N2/c1-2-5-9(8)6-7-3-4-7/h7H,2-6,8H2,1H3. The Kier molecular flexibility index (Phi) is 2.49. The van der Waals surface area contributed by atoms with E-state index in [2.05, 4.69) is 6.92 Å². The number of hydrazine groups is 1. The summed E-state index contributed by atoms with van der Waals surface area (Å²) >= 11 is 0. The van der Waals surface area contributed by atoms with Gasteiger partial charge in [0.2, 0.25) is 0 Å². The van der Waals surface area contributed by atoms with Gasteiger partial charge < -0.3 is 0 Å². The summed E-state index contributed by atoms with van der Waals surface area (Å²) in [6.07, 6.45) is 3.97. The van der Waals surface area contributed by atoms with E-state index in [1.807, 2.05) is 5.01 Å². The first-order chi connectivity index (χ1) is 4.33. The van der Waals surface area contributed by atoms with E-state index in [1.165, 1.54) is 19.3 Å². The number of hydrogen-bond acceptors (Lipinski definition) is 2. The topological polar surface area (TPSA) is 29.3 Å². The fraction of sp³-hybridized carbons (Fsp3) is 1.00. The van der Waals surface area contributed by atoms with Crippen molar-refractivity contribution in [3.8, 4) is 0 Å². The maximum atomic E-state index is 5.66. The summed E-state index contributed by atoms with van der Waals surface area (Å²) in [4.78, 5) is 0. The number of nitrogens with two attached hydrogens (primary N) is 1. The van der Waals surface area contributed by atoms with E-state index < -0.39 is 0 Å². The van der Waals surface area contributed by atoms with Crippen molar-refractivity contribution in [1.82, 2.24) is 5.01 Å². The first-order valence-electron chi connectivity index (χ1n) is 3.82. The van der Waals surface area contributed by atoms with Crippen LogP contribution in [0.5, 0.6) is 0 Å². The van der Waals surface area contributed by atoms with E-state index in [9.17, 15) is 0 Å². The molecule has 0 spiro atoms. The molecule has 2 heteroatoms. The molecule has 0 saturated heterocycles. The van der Waals surface area contributed by atoms with Crippen LogP contribution in [-0.4, -0.2) is 18.1 Å². The second kappa shape index (κ2) is 3.18. The second-order valence-corrected chi connectivity index (χ2v) is 2.94. The Morgan fingerprint density at radius 2 is 2.22 bits per heavy atom. The quantitative estimate of drug-likeness (QED) is 0.452. The van der Waals surface area contributed by atoms with Crippen LogP contribution in [0.2, 0.25) is 0 Å². The molecule has 2 nitrogen and oxygen atoms in total. The Balaban J connectivity index is 1.95. The van der Waals surface area contributed by atoms with E-state index >= 15 is 0 Å². The Morgan fingerprint density at radius 3 is 2.67 bits per heavy atom. The fourth-order valence-electron chi connectivity index (χ4n) is 1.01. The van der Waals surface area contributed by atoms with Crippen molar-refractivity contribution in [2.75, 3.05) is 13.1 Å². The van der Waals surface area contributed by atoms with Crippen LogP contribution < -0.4 is 5.84 Å². The van der Waals surface area contributed by atoms with E-state index in [0.717, 1.165) is 19.0 Å². The molecule has 0 amide bonds. The lowest BCUT2D eigenvalue weighted by atomic mass is 10.4. The van der Waals surface area contributed by atoms with Crippen LogP contribution in [0.3, 0.4) is 0 Å². The molecule has 0 unspecified atom stereocenters. The van der Waals surface area contributed by atoms with Gasteiger partial charge in [-0.25, -0.2) is 5.01 Å². The molecular weight excluding hydrogens is 112 g/mol. The highest BCUT2D eigenvalue weighted by Gasteiger charge is 2.22. The van der Waals surface area contributed by atoms with Crippen molar-refractivity contribution >= 4 is 0 Å². The predicted octanol–water partition coefficient (Wildman–Crippen LogP) is 0.982. The minimum absolute atomic E-state index is 0.932. The van der Waals surface area contributed by atoms with Gasteiger partial charge in [0.15, 0.2) is 0 Å². The average molecular weight is 128 g/mol. The summed E-state index contributed by atoms with van der Waals surface area (Å²) in [6, 6.07) is 0. The van der Waals surface area contributed by atoms with Crippen LogP contribution >= 0.6 is 0 Å². The number of nitrogens with zero attached hydrogens (tertiary/aromatic N) is 1. The Hall–Kier alpha value is -0.0800. The summed E-state index contributed by atoms with van der Waals surface area (Å²) in [5.41, 5.74) is 0. The number of hydrogen-bond donors (Lipinski definition) is 1. The van der Waals surface area contributed by atoms with E-state index in [4.69, 9.17) is 5.84 Å². The minimum Gasteiger partial charge on any atom is -0.269 e. The second-order valence-electron chi connectivity index (χ2n) is 2.94. The molecule has 0 radical (unpaired) electrons. The van der Waals surface area contributed by atoms with Gasteiger partial charge in [-0.1, -0.05) is 6.92 Å². The Bertz CT molecular complexity index is 79.0. The molecule has 1 fully saturated rings. The van der Waals surface area contributed by atoms with Crippen molar-refractivity contribution in [1.29, 1.82) is 0 Å². The summed E-state index contributed by atoms with van der Waals surface area (Å²) in [5.74, 6) is 6.59. The normalized spacial score (nSPS) is 19.0. The van der Waals surface area contributed by atoms with Gasteiger partial charge in [-0.15, -0.1) is 0 Å². The van der Waals surface area contributed by atoms with Gasteiger partial charge in [0.05, 0.1) is 0 Å². The molecule has 0 bridgehead atoms. The Morgan fingerprint density at radius 1 is 1.56 bits per heavy atom. The molecule has 0 heterocycles.